The minimum atomic E-state index is 0.735. The highest BCUT2D eigenvalue weighted by Gasteiger charge is 2.21. The Morgan fingerprint density at radius 3 is 2.58 bits per heavy atom. The average molecular weight is 247 g/mol. The minimum Gasteiger partial charge on any atom is -0.477 e. The summed E-state index contributed by atoms with van der Waals surface area (Å²) in [4.78, 5) is 4.62. The Morgan fingerprint density at radius 1 is 0.895 bits per heavy atom. The summed E-state index contributed by atoms with van der Waals surface area (Å²) in [6.07, 6.45) is 0.942. The molecule has 0 fully saturated rings. The van der Waals surface area contributed by atoms with E-state index in [1.54, 1.807) is 0 Å². The van der Waals surface area contributed by atoms with E-state index in [-0.39, 0.29) is 0 Å². The molecule has 0 unspecified atom stereocenters. The molecule has 92 valence electrons. The van der Waals surface area contributed by atoms with Crippen molar-refractivity contribution in [2.24, 2.45) is 0 Å². The lowest BCUT2D eigenvalue weighted by atomic mass is 9.95. The molecule has 1 aliphatic heterocycles. The van der Waals surface area contributed by atoms with Gasteiger partial charge in [-0.25, -0.2) is 4.98 Å². The van der Waals surface area contributed by atoms with Gasteiger partial charge < -0.3 is 4.74 Å². The standard InChI is InChI=1S/C17H13NO/c1-2-6-12(7-3-1)16-13-8-4-5-9-15(13)18-17-14(16)10-11-19-17/h1-9H,10-11H2. The van der Waals surface area contributed by atoms with Gasteiger partial charge in [0.05, 0.1) is 12.1 Å². The second-order valence-electron chi connectivity index (χ2n) is 4.75. The number of benzene rings is 2. The van der Waals surface area contributed by atoms with E-state index in [9.17, 15) is 0 Å². The van der Waals surface area contributed by atoms with Gasteiger partial charge in [-0.3, -0.25) is 0 Å². The number of rotatable bonds is 1. The first-order valence-electron chi connectivity index (χ1n) is 6.53. The second-order valence-corrected chi connectivity index (χ2v) is 4.75. The van der Waals surface area contributed by atoms with Crippen molar-refractivity contribution >= 4 is 10.9 Å². The molecule has 19 heavy (non-hydrogen) atoms. The number of aromatic nitrogens is 1. The Bertz CT molecular complexity index is 750. The molecule has 0 radical (unpaired) electrons. The fourth-order valence-corrected chi connectivity index (χ4v) is 2.76. The Morgan fingerprint density at radius 2 is 1.68 bits per heavy atom. The van der Waals surface area contributed by atoms with Gasteiger partial charge in [0.2, 0.25) is 5.88 Å². The highest BCUT2D eigenvalue weighted by molar-refractivity contribution is 5.97. The molecule has 0 N–H and O–H groups in total. The number of hydrogen-bond donors (Lipinski definition) is 0. The van der Waals surface area contributed by atoms with E-state index in [0.717, 1.165) is 24.4 Å². The lowest BCUT2D eigenvalue weighted by molar-refractivity contribution is 0.346. The van der Waals surface area contributed by atoms with Gasteiger partial charge in [0, 0.05) is 17.4 Å². The summed E-state index contributed by atoms with van der Waals surface area (Å²) in [7, 11) is 0. The van der Waals surface area contributed by atoms with Crippen LogP contribution in [-0.2, 0) is 6.42 Å². The van der Waals surface area contributed by atoms with Crippen LogP contribution >= 0.6 is 0 Å². The van der Waals surface area contributed by atoms with Crippen molar-refractivity contribution in [1.29, 1.82) is 0 Å². The zero-order valence-corrected chi connectivity index (χ0v) is 10.5. The summed E-state index contributed by atoms with van der Waals surface area (Å²) in [5.41, 5.74) is 4.76. The molecule has 2 heterocycles. The fourth-order valence-electron chi connectivity index (χ4n) is 2.76. The SMILES string of the molecule is c1ccc(-c2c3c(nc4ccccc24)OCC3)cc1. The molecule has 2 heteroatoms. The summed E-state index contributed by atoms with van der Waals surface area (Å²) in [6.45, 7) is 0.735. The number of hydrogen-bond acceptors (Lipinski definition) is 2. The highest BCUT2D eigenvalue weighted by Crippen LogP contribution is 2.38. The number of ether oxygens (including phenoxy) is 1. The Kier molecular flexibility index (Phi) is 2.27. The molecule has 0 aliphatic carbocycles. The molecule has 3 aromatic rings. The summed E-state index contributed by atoms with van der Waals surface area (Å²) >= 11 is 0. The Hall–Kier alpha value is -2.35. The third-order valence-corrected chi connectivity index (χ3v) is 3.61. The van der Waals surface area contributed by atoms with Crippen LogP contribution in [0, 0.1) is 0 Å². The van der Waals surface area contributed by atoms with Crippen molar-refractivity contribution in [2.45, 2.75) is 6.42 Å². The van der Waals surface area contributed by atoms with Gasteiger partial charge in [0.15, 0.2) is 0 Å². The minimum absolute atomic E-state index is 0.735. The van der Waals surface area contributed by atoms with Crippen LogP contribution in [0.25, 0.3) is 22.0 Å². The first-order valence-corrected chi connectivity index (χ1v) is 6.53. The normalized spacial score (nSPS) is 13.3. The van der Waals surface area contributed by atoms with E-state index in [1.807, 2.05) is 18.2 Å². The van der Waals surface area contributed by atoms with Crippen LogP contribution in [0.2, 0.25) is 0 Å². The van der Waals surface area contributed by atoms with Gasteiger partial charge >= 0.3 is 0 Å². The first kappa shape index (κ1) is 10.6. The van der Waals surface area contributed by atoms with Crippen molar-refractivity contribution in [3.8, 4) is 17.0 Å². The molecule has 0 saturated carbocycles. The molecule has 2 aromatic carbocycles. The number of nitrogens with zero attached hydrogens (tertiary/aromatic N) is 1. The molecule has 1 aromatic heterocycles. The van der Waals surface area contributed by atoms with Crippen LogP contribution in [-0.4, -0.2) is 11.6 Å². The molecular weight excluding hydrogens is 234 g/mol. The molecule has 0 bridgehead atoms. The number of fused-ring (bicyclic) bond motifs is 2. The maximum absolute atomic E-state index is 5.66. The second kappa shape index (κ2) is 4.09. The van der Waals surface area contributed by atoms with Crippen LogP contribution < -0.4 is 4.74 Å². The summed E-state index contributed by atoms with van der Waals surface area (Å²) in [6, 6.07) is 18.8. The van der Waals surface area contributed by atoms with Crippen LogP contribution in [0.4, 0.5) is 0 Å². The summed E-state index contributed by atoms with van der Waals surface area (Å²) in [5.74, 6) is 0.803. The molecule has 1 aliphatic rings. The lowest BCUT2D eigenvalue weighted by Gasteiger charge is -2.11. The predicted octanol–water partition coefficient (Wildman–Crippen LogP) is 3.84. The zero-order valence-electron chi connectivity index (χ0n) is 10.5. The van der Waals surface area contributed by atoms with Gasteiger partial charge in [-0.2, -0.15) is 0 Å². The van der Waals surface area contributed by atoms with E-state index in [4.69, 9.17) is 4.74 Å². The average Bonchev–Trinajstić information content (AvgIpc) is 2.93. The lowest BCUT2D eigenvalue weighted by Crippen LogP contribution is -1.91. The largest absolute Gasteiger partial charge is 0.477 e. The van der Waals surface area contributed by atoms with Crippen LogP contribution in [0.3, 0.4) is 0 Å². The zero-order chi connectivity index (χ0) is 12.7. The first-order chi connectivity index (χ1) is 9.43. The topological polar surface area (TPSA) is 22.1 Å². The Balaban J connectivity index is 2.13. The third-order valence-electron chi connectivity index (χ3n) is 3.61. The van der Waals surface area contributed by atoms with Gasteiger partial charge in [-0.15, -0.1) is 0 Å². The van der Waals surface area contributed by atoms with Crippen LogP contribution in [0.15, 0.2) is 54.6 Å². The molecule has 0 atom stereocenters. The van der Waals surface area contributed by atoms with Crippen molar-refractivity contribution in [3.63, 3.8) is 0 Å². The van der Waals surface area contributed by atoms with Gasteiger partial charge in [0.1, 0.15) is 0 Å². The molecule has 0 amide bonds. The van der Waals surface area contributed by atoms with Crippen LogP contribution in [0.5, 0.6) is 5.88 Å². The Labute approximate surface area is 111 Å². The predicted molar refractivity (Wildman–Crippen MR) is 76.4 cm³/mol. The molecule has 4 rings (SSSR count). The summed E-state index contributed by atoms with van der Waals surface area (Å²) in [5, 5.41) is 1.21. The molecule has 0 spiro atoms. The summed E-state index contributed by atoms with van der Waals surface area (Å²) < 4.78 is 5.66. The monoisotopic (exact) mass is 247 g/mol. The number of pyridine rings is 1. The maximum Gasteiger partial charge on any atom is 0.217 e. The van der Waals surface area contributed by atoms with Crippen molar-refractivity contribution in [2.75, 3.05) is 6.61 Å². The quantitative estimate of drug-likeness (QED) is 0.652. The molecule has 0 saturated heterocycles. The smallest absolute Gasteiger partial charge is 0.217 e. The van der Waals surface area contributed by atoms with E-state index >= 15 is 0 Å². The van der Waals surface area contributed by atoms with Crippen molar-refractivity contribution in [1.82, 2.24) is 4.98 Å². The van der Waals surface area contributed by atoms with E-state index in [2.05, 4.69) is 41.4 Å². The van der Waals surface area contributed by atoms with Crippen LogP contribution in [0.1, 0.15) is 5.56 Å². The molecular formula is C17H13NO. The van der Waals surface area contributed by atoms with E-state index in [0.29, 0.717) is 0 Å². The highest BCUT2D eigenvalue weighted by atomic mass is 16.5. The fraction of sp³-hybridized carbons (Fsp3) is 0.118. The maximum atomic E-state index is 5.66. The molecule has 2 nitrogen and oxygen atoms in total. The van der Waals surface area contributed by atoms with Gasteiger partial charge in [-0.1, -0.05) is 48.5 Å². The van der Waals surface area contributed by atoms with E-state index < -0.39 is 0 Å². The van der Waals surface area contributed by atoms with Crippen molar-refractivity contribution in [3.05, 3.63) is 60.2 Å². The third kappa shape index (κ3) is 1.60. The van der Waals surface area contributed by atoms with Crippen molar-refractivity contribution < 1.29 is 4.74 Å². The number of para-hydroxylation sites is 1. The van der Waals surface area contributed by atoms with E-state index in [1.165, 1.54) is 22.1 Å². The van der Waals surface area contributed by atoms with Gasteiger partial charge in [-0.05, 0) is 17.2 Å². The van der Waals surface area contributed by atoms with Gasteiger partial charge in [0.25, 0.3) is 0 Å².